The summed E-state index contributed by atoms with van der Waals surface area (Å²) in [5, 5.41) is 0. The highest BCUT2D eigenvalue weighted by molar-refractivity contribution is 5.51. The number of anilines is 1. The van der Waals surface area contributed by atoms with E-state index in [2.05, 4.69) is 50.9 Å². The maximum absolute atomic E-state index is 5.88. The van der Waals surface area contributed by atoms with Crippen LogP contribution in [0.15, 0.2) is 18.2 Å². The van der Waals surface area contributed by atoms with Crippen molar-refractivity contribution in [3.63, 3.8) is 0 Å². The molecule has 1 aromatic rings. The second-order valence-corrected chi connectivity index (χ2v) is 5.98. The number of hydrogen-bond donors (Lipinski definition) is 1. The monoisotopic (exact) mass is 246 g/mol. The van der Waals surface area contributed by atoms with Gasteiger partial charge in [-0.2, -0.15) is 0 Å². The van der Waals surface area contributed by atoms with Crippen molar-refractivity contribution in [3.8, 4) is 0 Å². The molecule has 1 saturated carbocycles. The van der Waals surface area contributed by atoms with Crippen molar-refractivity contribution in [1.29, 1.82) is 0 Å². The number of nitrogens with zero attached hydrogens (tertiary/aromatic N) is 1. The Bertz CT molecular complexity index is 408. The number of rotatable bonds is 5. The van der Waals surface area contributed by atoms with Gasteiger partial charge >= 0.3 is 0 Å². The first-order valence-electron chi connectivity index (χ1n) is 7.07. The third kappa shape index (κ3) is 3.05. The van der Waals surface area contributed by atoms with Crippen molar-refractivity contribution >= 4 is 5.69 Å². The van der Waals surface area contributed by atoms with Gasteiger partial charge in [-0.15, -0.1) is 0 Å². The summed E-state index contributed by atoms with van der Waals surface area (Å²) in [5.74, 6) is 0.902. The average molecular weight is 246 g/mol. The molecule has 1 fully saturated rings. The van der Waals surface area contributed by atoms with Gasteiger partial charge in [0.05, 0.1) is 0 Å². The van der Waals surface area contributed by atoms with Gasteiger partial charge < -0.3 is 10.6 Å². The molecule has 0 saturated heterocycles. The van der Waals surface area contributed by atoms with Crippen molar-refractivity contribution < 1.29 is 0 Å². The molecule has 0 heterocycles. The highest BCUT2D eigenvalue weighted by atomic mass is 15.1. The van der Waals surface area contributed by atoms with Crippen molar-refractivity contribution in [3.05, 3.63) is 29.3 Å². The number of nitrogens with two attached hydrogens (primary N) is 1. The fourth-order valence-electron chi connectivity index (χ4n) is 2.61. The quantitative estimate of drug-likeness (QED) is 0.865. The lowest BCUT2D eigenvalue weighted by Crippen LogP contribution is -2.30. The van der Waals surface area contributed by atoms with Crippen molar-refractivity contribution in [2.75, 3.05) is 11.9 Å². The Morgan fingerprint density at radius 1 is 1.33 bits per heavy atom. The Morgan fingerprint density at radius 3 is 2.50 bits per heavy atom. The molecule has 2 heteroatoms. The van der Waals surface area contributed by atoms with E-state index < -0.39 is 0 Å². The van der Waals surface area contributed by atoms with Gasteiger partial charge in [-0.1, -0.05) is 6.07 Å². The number of benzene rings is 1. The second kappa shape index (κ2) is 5.31. The Balaban J connectivity index is 2.12. The summed E-state index contributed by atoms with van der Waals surface area (Å²) in [6.07, 6.45) is 3.76. The molecule has 0 aliphatic heterocycles. The minimum Gasteiger partial charge on any atom is -0.372 e. The van der Waals surface area contributed by atoms with Crippen molar-refractivity contribution in [1.82, 2.24) is 0 Å². The maximum Gasteiger partial charge on any atom is 0.0368 e. The summed E-state index contributed by atoms with van der Waals surface area (Å²) in [4.78, 5) is 2.42. The topological polar surface area (TPSA) is 29.3 Å². The molecule has 0 aromatic heterocycles. The molecule has 1 aliphatic carbocycles. The lowest BCUT2D eigenvalue weighted by Gasteiger charge is -2.28. The summed E-state index contributed by atoms with van der Waals surface area (Å²) < 4.78 is 0. The van der Waals surface area contributed by atoms with E-state index >= 15 is 0 Å². The van der Waals surface area contributed by atoms with Gasteiger partial charge in [0.25, 0.3) is 0 Å². The minimum atomic E-state index is 0.234. The van der Waals surface area contributed by atoms with E-state index in [1.807, 2.05) is 0 Å². The second-order valence-electron chi connectivity index (χ2n) is 5.98. The lowest BCUT2D eigenvalue weighted by molar-refractivity contribution is 0.609. The third-order valence-electron chi connectivity index (χ3n) is 4.19. The largest absolute Gasteiger partial charge is 0.372 e. The molecular weight excluding hydrogens is 220 g/mol. The van der Waals surface area contributed by atoms with Crippen LogP contribution in [0.1, 0.15) is 37.8 Å². The first-order chi connectivity index (χ1) is 8.49. The standard InChI is InChI=1S/C16H26N2/c1-11-9-16(8-7-15(11)10-12(2)17)18(4)13(3)14-5-6-14/h7-9,12-14H,5-6,10,17H2,1-4H3. The Hall–Kier alpha value is -1.02. The fraction of sp³-hybridized carbons (Fsp3) is 0.625. The van der Waals surface area contributed by atoms with Crippen LogP contribution in [0.5, 0.6) is 0 Å². The zero-order valence-electron chi connectivity index (χ0n) is 12.1. The van der Waals surface area contributed by atoms with Crippen molar-refractivity contribution in [2.45, 2.75) is 52.1 Å². The molecule has 18 heavy (non-hydrogen) atoms. The van der Waals surface area contributed by atoms with E-state index in [-0.39, 0.29) is 6.04 Å². The van der Waals surface area contributed by atoms with Gasteiger partial charge in [-0.25, -0.2) is 0 Å². The molecule has 1 aliphatic rings. The zero-order chi connectivity index (χ0) is 13.3. The van der Waals surface area contributed by atoms with Gasteiger partial charge in [-0.3, -0.25) is 0 Å². The molecule has 0 bridgehead atoms. The predicted octanol–water partition coefficient (Wildman–Crippen LogP) is 3.12. The molecule has 2 N–H and O–H groups in total. The summed E-state index contributed by atoms with van der Waals surface area (Å²) in [5.41, 5.74) is 9.95. The molecule has 0 amide bonds. The average Bonchev–Trinajstić information content (AvgIpc) is 3.13. The van der Waals surface area contributed by atoms with E-state index in [0.717, 1.165) is 12.3 Å². The minimum absolute atomic E-state index is 0.234. The van der Waals surface area contributed by atoms with Crippen LogP contribution in [0.25, 0.3) is 0 Å². The van der Waals surface area contributed by atoms with E-state index in [1.165, 1.54) is 29.7 Å². The first-order valence-corrected chi connectivity index (χ1v) is 7.07. The zero-order valence-corrected chi connectivity index (χ0v) is 12.1. The van der Waals surface area contributed by atoms with Crippen LogP contribution < -0.4 is 10.6 Å². The van der Waals surface area contributed by atoms with E-state index in [9.17, 15) is 0 Å². The van der Waals surface area contributed by atoms with Crippen LogP contribution in [0, 0.1) is 12.8 Å². The molecule has 2 unspecified atom stereocenters. The number of hydrogen-bond acceptors (Lipinski definition) is 2. The van der Waals surface area contributed by atoms with Gasteiger partial charge in [0, 0.05) is 24.8 Å². The molecule has 100 valence electrons. The molecule has 0 spiro atoms. The van der Waals surface area contributed by atoms with Gasteiger partial charge in [0.15, 0.2) is 0 Å². The van der Waals surface area contributed by atoms with E-state index in [0.29, 0.717) is 6.04 Å². The fourth-order valence-corrected chi connectivity index (χ4v) is 2.61. The normalized spacial score (nSPS) is 18.5. The van der Waals surface area contributed by atoms with E-state index in [4.69, 9.17) is 5.73 Å². The van der Waals surface area contributed by atoms with Crippen LogP contribution in [-0.2, 0) is 6.42 Å². The summed E-state index contributed by atoms with van der Waals surface area (Å²) in [6.45, 7) is 6.59. The molecule has 1 aromatic carbocycles. The smallest absolute Gasteiger partial charge is 0.0368 e. The summed E-state index contributed by atoms with van der Waals surface area (Å²) >= 11 is 0. The van der Waals surface area contributed by atoms with Gasteiger partial charge in [-0.05, 0) is 69.2 Å². The Kier molecular flexibility index (Phi) is 3.96. The molecular formula is C16H26N2. The van der Waals surface area contributed by atoms with Crippen molar-refractivity contribution in [2.24, 2.45) is 11.7 Å². The van der Waals surface area contributed by atoms with Crippen LogP contribution in [0.4, 0.5) is 5.69 Å². The highest BCUT2D eigenvalue weighted by Crippen LogP contribution is 2.36. The SMILES string of the molecule is Cc1cc(N(C)C(C)C2CC2)ccc1CC(C)N. The van der Waals surface area contributed by atoms with E-state index in [1.54, 1.807) is 0 Å². The predicted molar refractivity (Wildman–Crippen MR) is 79.1 cm³/mol. The molecule has 2 atom stereocenters. The van der Waals surface area contributed by atoms with Crippen LogP contribution in [0.2, 0.25) is 0 Å². The van der Waals surface area contributed by atoms with Gasteiger partial charge in [0.2, 0.25) is 0 Å². The first kappa shape index (κ1) is 13.4. The lowest BCUT2D eigenvalue weighted by atomic mass is 10.0. The molecule has 2 nitrogen and oxygen atoms in total. The van der Waals surface area contributed by atoms with Crippen LogP contribution in [-0.4, -0.2) is 19.1 Å². The Morgan fingerprint density at radius 2 is 2.00 bits per heavy atom. The van der Waals surface area contributed by atoms with Crippen LogP contribution in [0.3, 0.4) is 0 Å². The highest BCUT2D eigenvalue weighted by Gasteiger charge is 2.30. The Labute approximate surface area is 111 Å². The third-order valence-corrected chi connectivity index (χ3v) is 4.19. The number of aryl methyl sites for hydroxylation is 1. The van der Waals surface area contributed by atoms with Crippen LogP contribution >= 0.6 is 0 Å². The molecule has 0 radical (unpaired) electrons. The summed E-state index contributed by atoms with van der Waals surface area (Å²) in [6, 6.07) is 7.67. The molecule has 2 rings (SSSR count). The van der Waals surface area contributed by atoms with Gasteiger partial charge in [0.1, 0.15) is 0 Å². The summed E-state index contributed by atoms with van der Waals surface area (Å²) in [7, 11) is 2.21. The maximum atomic E-state index is 5.88.